The van der Waals surface area contributed by atoms with Crippen LogP contribution >= 0.6 is 35.0 Å². The van der Waals surface area contributed by atoms with Crippen molar-refractivity contribution in [2.24, 2.45) is 0 Å². The molecule has 0 aromatic heterocycles. The zero-order valence-corrected chi connectivity index (χ0v) is 17.5. The first kappa shape index (κ1) is 21.6. The monoisotopic (exact) mass is 424 g/mol. The van der Waals surface area contributed by atoms with E-state index in [1.807, 2.05) is 37.3 Å². The van der Waals surface area contributed by atoms with Gasteiger partial charge in [0.2, 0.25) is 11.8 Å². The van der Waals surface area contributed by atoms with Crippen LogP contribution < -0.4 is 10.6 Å². The predicted octanol–water partition coefficient (Wildman–Crippen LogP) is 4.72. The molecule has 7 heteroatoms. The number of hydrogen-bond donors (Lipinski definition) is 2. The maximum Gasteiger partial charge on any atom is 0.234 e. The molecule has 2 aromatic carbocycles. The Morgan fingerprint density at radius 3 is 2.48 bits per heavy atom. The van der Waals surface area contributed by atoms with Crippen LogP contribution in [0.1, 0.15) is 18.1 Å². The molecule has 0 saturated carbocycles. The molecular weight excluding hydrogens is 403 g/mol. The number of aryl methyl sites for hydroxylation is 1. The van der Waals surface area contributed by atoms with Gasteiger partial charge in [-0.3, -0.25) is 9.59 Å². The standard InChI is InChI=1S/C20H22Cl2N2O2S/c1-13-3-7-17(8-4-13)24-19(25)12-27-14(2)20(26)23-10-9-15-5-6-16(21)11-18(15)22/h3-8,11,14H,9-10,12H2,1-2H3,(H,23,26)(H,24,25). The van der Waals surface area contributed by atoms with E-state index in [1.165, 1.54) is 11.8 Å². The van der Waals surface area contributed by atoms with Gasteiger partial charge in [-0.15, -0.1) is 11.8 Å². The Labute approximate surface area is 174 Å². The number of thioether (sulfide) groups is 1. The maximum atomic E-state index is 12.2. The van der Waals surface area contributed by atoms with E-state index in [9.17, 15) is 9.59 Å². The summed E-state index contributed by atoms with van der Waals surface area (Å²) in [4.78, 5) is 24.2. The predicted molar refractivity (Wildman–Crippen MR) is 115 cm³/mol. The van der Waals surface area contributed by atoms with Crippen molar-refractivity contribution in [2.45, 2.75) is 25.5 Å². The van der Waals surface area contributed by atoms with Gasteiger partial charge in [0.1, 0.15) is 0 Å². The van der Waals surface area contributed by atoms with Gasteiger partial charge < -0.3 is 10.6 Å². The SMILES string of the molecule is Cc1ccc(NC(=O)CSC(C)C(=O)NCCc2ccc(Cl)cc2Cl)cc1. The van der Waals surface area contributed by atoms with Crippen molar-refractivity contribution >= 4 is 52.5 Å². The Morgan fingerprint density at radius 2 is 1.81 bits per heavy atom. The van der Waals surface area contributed by atoms with E-state index in [0.717, 1.165) is 16.8 Å². The first-order valence-corrected chi connectivity index (χ1v) is 10.4. The van der Waals surface area contributed by atoms with Gasteiger partial charge >= 0.3 is 0 Å². The second-order valence-corrected chi connectivity index (χ2v) is 8.32. The van der Waals surface area contributed by atoms with Crippen LogP contribution in [0.3, 0.4) is 0 Å². The highest BCUT2D eigenvalue weighted by atomic mass is 35.5. The molecule has 27 heavy (non-hydrogen) atoms. The van der Waals surface area contributed by atoms with Gasteiger partial charge in [0.15, 0.2) is 0 Å². The fourth-order valence-corrected chi connectivity index (χ4v) is 3.51. The van der Waals surface area contributed by atoms with Crippen molar-refractivity contribution in [3.63, 3.8) is 0 Å². The molecule has 0 saturated heterocycles. The summed E-state index contributed by atoms with van der Waals surface area (Å²) in [6, 6.07) is 12.9. The van der Waals surface area contributed by atoms with Crippen LogP contribution in [0.4, 0.5) is 5.69 Å². The molecule has 2 aromatic rings. The highest BCUT2D eigenvalue weighted by Gasteiger charge is 2.15. The zero-order valence-electron chi connectivity index (χ0n) is 15.2. The highest BCUT2D eigenvalue weighted by Crippen LogP contribution is 2.21. The van der Waals surface area contributed by atoms with Crippen molar-refractivity contribution in [3.05, 3.63) is 63.6 Å². The number of anilines is 1. The lowest BCUT2D eigenvalue weighted by Crippen LogP contribution is -2.33. The first-order chi connectivity index (χ1) is 12.8. The van der Waals surface area contributed by atoms with Gasteiger partial charge in [0.05, 0.1) is 11.0 Å². The zero-order chi connectivity index (χ0) is 19.8. The number of hydrogen-bond acceptors (Lipinski definition) is 3. The quantitative estimate of drug-likeness (QED) is 0.644. The fraction of sp³-hybridized carbons (Fsp3) is 0.300. The molecule has 144 valence electrons. The topological polar surface area (TPSA) is 58.2 Å². The number of nitrogens with one attached hydrogen (secondary N) is 2. The summed E-state index contributed by atoms with van der Waals surface area (Å²) in [5, 5.41) is 6.54. The summed E-state index contributed by atoms with van der Waals surface area (Å²) >= 11 is 13.3. The number of carbonyl (C=O) groups is 2. The van der Waals surface area contributed by atoms with Gasteiger partial charge in [0, 0.05) is 22.3 Å². The molecule has 1 unspecified atom stereocenters. The van der Waals surface area contributed by atoms with Crippen LogP contribution in [0.25, 0.3) is 0 Å². The number of amides is 2. The summed E-state index contributed by atoms with van der Waals surface area (Å²) in [6.07, 6.45) is 0.618. The van der Waals surface area contributed by atoms with Gasteiger partial charge in [0.25, 0.3) is 0 Å². The lowest BCUT2D eigenvalue weighted by Gasteiger charge is -2.12. The smallest absolute Gasteiger partial charge is 0.234 e. The van der Waals surface area contributed by atoms with Gasteiger partial charge in [-0.05, 0) is 50.1 Å². The van der Waals surface area contributed by atoms with Crippen LogP contribution in [-0.2, 0) is 16.0 Å². The minimum atomic E-state index is -0.325. The highest BCUT2D eigenvalue weighted by molar-refractivity contribution is 8.01. The molecule has 4 nitrogen and oxygen atoms in total. The van der Waals surface area contributed by atoms with Crippen molar-refractivity contribution in [1.82, 2.24) is 5.32 Å². The minimum Gasteiger partial charge on any atom is -0.355 e. The average Bonchev–Trinajstić information content (AvgIpc) is 2.63. The number of carbonyl (C=O) groups excluding carboxylic acids is 2. The molecule has 1 atom stereocenters. The molecule has 0 bridgehead atoms. The molecule has 0 fully saturated rings. The first-order valence-electron chi connectivity index (χ1n) is 8.55. The summed E-state index contributed by atoms with van der Waals surface area (Å²) < 4.78 is 0. The van der Waals surface area contributed by atoms with E-state index in [1.54, 1.807) is 19.1 Å². The van der Waals surface area contributed by atoms with Crippen LogP contribution in [0, 0.1) is 6.92 Å². The number of rotatable bonds is 8. The van der Waals surface area contributed by atoms with Crippen LogP contribution in [-0.4, -0.2) is 29.4 Å². The van der Waals surface area contributed by atoms with Gasteiger partial charge in [-0.2, -0.15) is 0 Å². The lowest BCUT2D eigenvalue weighted by atomic mass is 10.1. The van der Waals surface area contributed by atoms with E-state index < -0.39 is 0 Å². The van der Waals surface area contributed by atoms with Crippen LogP contribution in [0.5, 0.6) is 0 Å². The molecule has 0 aliphatic heterocycles. The third-order valence-electron chi connectivity index (χ3n) is 3.88. The molecule has 0 aliphatic rings. The van der Waals surface area contributed by atoms with E-state index in [4.69, 9.17) is 23.2 Å². The summed E-state index contributed by atoms with van der Waals surface area (Å²) in [7, 11) is 0. The number of halogens is 2. The molecule has 2 amide bonds. The van der Waals surface area contributed by atoms with Crippen molar-refractivity contribution < 1.29 is 9.59 Å². The van der Waals surface area contributed by atoms with E-state index in [-0.39, 0.29) is 22.8 Å². The normalized spacial score (nSPS) is 11.7. The second kappa shape index (κ2) is 10.6. The molecule has 2 rings (SSSR count). The Bertz CT molecular complexity index is 797. The van der Waals surface area contributed by atoms with E-state index in [2.05, 4.69) is 10.6 Å². The number of benzene rings is 2. The van der Waals surface area contributed by atoms with Gasteiger partial charge in [-0.25, -0.2) is 0 Å². The fourth-order valence-electron chi connectivity index (χ4n) is 2.30. The molecule has 0 heterocycles. The van der Waals surface area contributed by atoms with Crippen molar-refractivity contribution in [2.75, 3.05) is 17.6 Å². The Morgan fingerprint density at radius 1 is 1.11 bits per heavy atom. The molecule has 2 N–H and O–H groups in total. The Balaban J connectivity index is 1.70. The Kier molecular flexibility index (Phi) is 8.48. The van der Waals surface area contributed by atoms with Crippen molar-refractivity contribution in [1.29, 1.82) is 0 Å². The van der Waals surface area contributed by atoms with Gasteiger partial charge in [-0.1, -0.05) is 47.0 Å². The molecule has 0 aliphatic carbocycles. The summed E-state index contributed by atoms with van der Waals surface area (Å²) in [5.74, 6) is -0.0180. The van der Waals surface area contributed by atoms with Crippen LogP contribution in [0.15, 0.2) is 42.5 Å². The molecular formula is C20H22Cl2N2O2S. The minimum absolute atomic E-state index is 0.103. The maximum absolute atomic E-state index is 12.2. The summed E-state index contributed by atoms with van der Waals surface area (Å²) in [6.45, 7) is 4.25. The third-order valence-corrected chi connectivity index (χ3v) is 5.61. The average molecular weight is 425 g/mol. The largest absolute Gasteiger partial charge is 0.355 e. The second-order valence-electron chi connectivity index (χ2n) is 6.14. The van der Waals surface area contributed by atoms with Crippen molar-refractivity contribution in [3.8, 4) is 0 Å². The Hall–Kier alpha value is -1.69. The van der Waals surface area contributed by atoms with Crippen LogP contribution in [0.2, 0.25) is 10.0 Å². The molecule has 0 spiro atoms. The van der Waals surface area contributed by atoms with E-state index >= 15 is 0 Å². The van der Waals surface area contributed by atoms with E-state index in [0.29, 0.717) is 23.0 Å². The summed E-state index contributed by atoms with van der Waals surface area (Å²) in [5.41, 5.74) is 2.81. The lowest BCUT2D eigenvalue weighted by molar-refractivity contribution is -0.120. The third kappa shape index (κ3) is 7.45. The molecule has 0 radical (unpaired) electrons.